The van der Waals surface area contributed by atoms with Gasteiger partial charge >= 0.3 is 11.9 Å². The second kappa shape index (κ2) is 8.16. The van der Waals surface area contributed by atoms with E-state index in [1.807, 2.05) is 30.3 Å². The lowest BCUT2D eigenvalue weighted by molar-refractivity contribution is -0.140. The van der Waals surface area contributed by atoms with Crippen LogP contribution in [-0.4, -0.2) is 39.3 Å². The summed E-state index contributed by atoms with van der Waals surface area (Å²) in [6, 6.07) is 15.6. The predicted octanol–water partition coefficient (Wildman–Crippen LogP) is 2.49. The molecule has 152 valence electrons. The highest BCUT2D eigenvalue weighted by Gasteiger charge is 2.35. The summed E-state index contributed by atoms with van der Waals surface area (Å²) in [5.41, 5.74) is 2.99. The molecule has 1 N–H and O–H groups in total. The molecule has 2 aromatic carbocycles. The zero-order valence-corrected chi connectivity index (χ0v) is 16.4. The number of esters is 2. The van der Waals surface area contributed by atoms with E-state index in [4.69, 9.17) is 9.47 Å². The maximum Gasteiger partial charge on any atom is 0.338 e. The third-order valence-electron chi connectivity index (χ3n) is 4.79. The Bertz CT molecular complexity index is 1110. The highest BCUT2D eigenvalue weighted by atomic mass is 16.5. The van der Waals surface area contributed by atoms with Crippen molar-refractivity contribution in [1.29, 1.82) is 0 Å². The van der Waals surface area contributed by atoms with Crippen molar-refractivity contribution in [1.82, 2.24) is 20.2 Å². The number of nitrogens with one attached hydrogen (secondary N) is 1. The Balaban J connectivity index is 1.66. The molecule has 2 heterocycles. The Morgan fingerprint density at radius 3 is 2.50 bits per heavy atom. The van der Waals surface area contributed by atoms with E-state index in [1.54, 1.807) is 31.2 Å². The lowest BCUT2D eigenvalue weighted by atomic mass is 9.95. The van der Waals surface area contributed by atoms with Crippen molar-refractivity contribution in [2.75, 3.05) is 12.4 Å². The summed E-state index contributed by atoms with van der Waals surface area (Å²) in [5.74, 6) is -0.509. The van der Waals surface area contributed by atoms with Gasteiger partial charge in [-0.15, -0.1) is 0 Å². The standard InChI is InChI=1S/C21H19N5O4/c1-13-17(20(28)30-12-14-6-4-3-5-7-14)18(26-21(22-13)23-24-25-26)15-8-10-16(11-9-15)19(27)29-2/h3-11,18H,12H2,1-2H3,(H,22,23,25)/t18-/m1/s1. The predicted molar refractivity (Wildman–Crippen MR) is 106 cm³/mol. The normalized spacial score (nSPS) is 15.2. The zero-order valence-electron chi connectivity index (χ0n) is 16.4. The van der Waals surface area contributed by atoms with Gasteiger partial charge in [-0.2, -0.15) is 4.68 Å². The summed E-state index contributed by atoms with van der Waals surface area (Å²) in [6.07, 6.45) is 0. The van der Waals surface area contributed by atoms with E-state index in [9.17, 15) is 9.59 Å². The van der Waals surface area contributed by atoms with Crippen molar-refractivity contribution in [2.24, 2.45) is 0 Å². The summed E-state index contributed by atoms with van der Waals surface area (Å²) in [4.78, 5) is 24.8. The molecule has 3 aromatic rings. The molecule has 9 heteroatoms. The molecule has 0 saturated carbocycles. The number of methoxy groups -OCH3 is 1. The molecule has 0 spiro atoms. The molecule has 0 aliphatic carbocycles. The molecule has 1 aliphatic heterocycles. The molecule has 1 aromatic heterocycles. The monoisotopic (exact) mass is 405 g/mol. The van der Waals surface area contributed by atoms with Crippen LogP contribution in [0.2, 0.25) is 0 Å². The number of benzene rings is 2. The number of allylic oxidation sites excluding steroid dienone is 1. The van der Waals surface area contributed by atoms with Crippen molar-refractivity contribution in [2.45, 2.75) is 19.6 Å². The van der Waals surface area contributed by atoms with Crippen molar-refractivity contribution < 1.29 is 19.1 Å². The van der Waals surface area contributed by atoms with Crippen LogP contribution in [0.4, 0.5) is 5.95 Å². The van der Waals surface area contributed by atoms with Crippen LogP contribution in [0.15, 0.2) is 65.9 Å². The summed E-state index contributed by atoms with van der Waals surface area (Å²) >= 11 is 0. The maximum atomic E-state index is 13.0. The first-order chi connectivity index (χ1) is 14.6. The van der Waals surface area contributed by atoms with Gasteiger partial charge in [0.2, 0.25) is 5.95 Å². The van der Waals surface area contributed by atoms with E-state index in [0.29, 0.717) is 22.8 Å². The number of nitrogens with zero attached hydrogens (tertiary/aromatic N) is 4. The number of carbonyl (C=O) groups excluding carboxylic acids is 2. The Kier molecular flexibility index (Phi) is 5.25. The van der Waals surface area contributed by atoms with Crippen molar-refractivity contribution >= 4 is 17.9 Å². The first-order valence-electron chi connectivity index (χ1n) is 9.23. The van der Waals surface area contributed by atoms with Gasteiger partial charge in [-0.25, -0.2) is 9.59 Å². The molecule has 1 atom stereocenters. The van der Waals surface area contributed by atoms with E-state index < -0.39 is 18.0 Å². The summed E-state index contributed by atoms with van der Waals surface area (Å²) in [7, 11) is 1.32. The summed E-state index contributed by atoms with van der Waals surface area (Å²) in [5, 5.41) is 14.7. The fourth-order valence-corrected chi connectivity index (χ4v) is 3.31. The highest BCUT2D eigenvalue weighted by Crippen LogP contribution is 2.35. The third-order valence-corrected chi connectivity index (χ3v) is 4.79. The molecule has 4 rings (SSSR count). The van der Waals surface area contributed by atoms with Crippen LogP contribution in [0.25, 0.3) is 0 Å². The fraction of sp³-hybridized carbons (Fsp3) is 0.190. The zero-order chi connectivity index (χ0) is 21.1. The van der Waals surface area contributed by atoms with Gasteiger partial charge in [-0.1, -0.05) is 47.6 Å². The van der Waals surface area contributed by atoms with E-state index in [0.717, 1.165) is 11.1 Å². The first kappa shape index (κ1) is 19.3. The maximum absolute atomic E-state index is 13.0. The molecule has 0 fully saturated rings. The smallest absolute Gasteiger partial charge is 0.338 e. The average molecular weight is 405 g/mol. The summed E-state index contributed by atoms with van der Waals surface area (Å²) in [6.45, 7) is 1.92. The minimum atomic E-state index is -0.605. The van der Waals surface area contributed by atoms with Gasteiger partial charge in [0.15, 0.2) is 0 Å². The van der Waals surface area contributed by atoms with Gasteiger partial charge in [0.1, 0.15) is 12.6 Å². The van der Waals surface area contributed by atoms with Crippen LogP contribution in [-0.2, 0) is 20.9 Å². The molecule has 0 saturated heterocycles. The number of fused-ring (bicyclic) bond motifs is 1. The van der Waals surface area contributed by atoms with Crippen molar-refractivity contribution in [3.05, 3.63) is 82.6 Å². The average Bonchev–Trinajstić information content (AvgIpc) is 3.24. The Morgan fingerprint density at radius 1 is 1.07 bits per heavy atom. The molecular weight excluding hydrogens is 386 g/mol. The van der Waals surface area contributed by atoms with Crippen molar-refractivity contribution in [3.63, 3.8) is 0 Å². The second-order valence-electron chi connectivity index (χ2n) is 6.69. The van der Waals surface area contributed by atoms with E-state index in [2.05, 4.69) is 20.8 Å². The Hall–Kier alpha value is -4.01. The van der Waals surface area contributed by atoms with Gasteiger partial charge in [0, 0.05) is 5.70 Å². The lowest BCUT2D eigenvalue weighted by Gasteiger charge is -2.27. The number of tetrazole rings is 1. The molecule has 1 aliphatic rings. The number of ether oxygens (including phenoxy) is 2. The molecule has 0 unspecified atom stereocenters. The van der Waals surface area contributed by atoms with Gasteiger partial charge in [-0.05, 0) is 40.6 Å². The Labute approximate surface area is 172 Å². The highest BCUT2D eigenvalue weighted by molar-refractivity contribution is 5.93. The number of anilines is 1. The molecule has 0 radical (unpaired) electrons. The molecule has 30 heavy (non-hydrogen) atoms. The van der Waals surface area contributed by atoms with Crippen LogP contribution in [0, 0.1) is 0 Å². The van der Waals surface area contributed by atoms with E-state index >= 15 is 0 Å². The van der Waals surface area contributed by atoms with E-state index in [-0.39, 0.29) is 6.61 Å². The van der Waals surface area contributed by atoms with Gasteiger partial charge in [0.25, 0.3) is 0 Å². The SMILES string of the molecule is COC(=O)c1ccc([C@@H]2C(C(=O)OCc3ccccc3)=C(C)Nc3nnnn32)cc1. The van der Waals surface area contributed by atoms with Crippen LogP contribution in [0.5, 0.6) is 0 Å². The number of hydrogen-bond donors (Lipinski definition) is 1. The number of rotatable bonds is 5. The number of carbonyl (C=O) groups is 2. The van der Waals surface area contributed by atoms with Gasteiger partial charge in [0.05, 0.1) is 18.2 Å². The minimum Gasteiger partial charge on any atom is -0.465 e. The van der Waals surface area contributed by atoms with Crippen molar-refractivity contribution in [3.8, 4) is 0 Å². The Morgan fingerprint density at radius 2 is 1.80 bits per heavy atom. The molecular formula is C21H19N5O4. The number of hydrogen-bond acceptors (Lipinski definition) is 8. The van der Waals surface area contributed by atoms with Crippen LogP contribution < -0.4 is 5.32 Å². The van der Waals surface area contributed by atoms with E-state index in [1.165, 1.54) is 11.8 Å². The topological polar surface area (TPSA) is 108 Å². The second-order valence-corrected chi connectivity index (χ2v) is 6.69. The van der Waals surface area contributed by atoms with Gasteiger partial charge < -0.3 is 14.8 Å². The van der Waals surface area contributed by atoms with Gasteiger partial charge in [-0.3, -0.25) is 0 Å². The number of aromatic nitrogens is 4. The lowest BCUT2D eigenvalue weighted by Crippen LogP contribution is -2.29. The van der Waals surface area contributed by atoms with Crippen LogP contribution >= 0.6 is 0 Å². The third kappa shape index (κ3) is 3.64. The summed E-state index contributed by atoms with van der Waals surface area (Å²) < 4.78 is 11.8. The molecule has 0 amide bonds. The van der Waals surface area contributed by atoms with Crippen LogP contribution in [0.3, 0.4) is 0 Å². The van der Waals surface area contributed by atoms with Crippen LogP contribution in [0.1, 0.15) is 34.5 Å². The molecule has 9 nitrogen and oxygen atoms in total. The fourth-order valence-electron chi connectivity index (χ4n) is 3.31. The largest absolute Gasteiger partial charge is 0.465 e. The molecule has 0 bridgehead atoms. The first-order valence-corrected chi connectivity index (χ1v) is 9.23. The minimum absolute atomic E-state index is 0.146. The quantitative estimate of drug-likeness (QED) is 0.645.